The molecule has 20 heavy (non-hydrogen) atoms. The van der Waals surface area contributed by atoms with Crippen molar-refractivity contribution in [2.24, 2.45) is 5.92 Å². The summed E-state index contributed by atoms with van der Waals surface area (Å²) in [6.45, 7) is 6.32. The molecule has 0 spiro atoms. The summed E-state index contributed by atoms with van der Waals surface area (Å²) in [6.07, 6.45) is 2.36. The van der Waals surface area contributed by atoms with Gasteiger partial charge >= 0.3 is 0 Å². The molecule has 0 unspecified atom stereocenters. The highest BCUT2D eigenvalue weighted by atomic mass is 127. The van der Waals surface area contributed by atoms with E-state index < -0.39 is 0 Å². The van der Waals surface area contributed by atoms with E-state index in [1.807, 2.05) is 6.07 Å². The van der Waals surface area contributed by atoms with E-state index in [1.165, 1.54) is 12.8 Å². The van der Waals surface area contributed by atoms with E-state index in [1.54, 1.807) is 12.1 Å². The third-order valence-electron chi connectivity index (χ3n) is 3.78. The molecule has 5 nitrogen and oxygen atoms in total. The molecule has 0 radical (unpaired) electrons. The second-order valence-corrected chi connectivity index (χ2v) is 6.29. The summed E-state index contributed by atoms with van der Waals surface area (Å²) in [7, 11) is 0. The number of nitro benzene ring substituents is 1. The van der Waals surface area contributed by atoms with Gasteiger partial charge in [-0.25, -0.2) is 0 Å². The van der Waals surface area contributed by atoms with Crippen LogP contribution in [0.2, 0.25) is 0 Å². The maximum absolute atomic E-state index is 10.8. The molecule has 0 bridgehead atoms. The summed E-state index contributed by atoms with van der Waals surface area (Å²) in [5, 5.41) is 14.2. The predicted octanol–water partition coefficient (Wildman–Crippen LogP) is 3.03. The van der Waals surface area contributed by atoms with Gasteiger partial charge in [0.1, 0.15) is 0 Å². The van der Waals surface area contributed by atoms with E-state index in [0.29, 0.717) is 0 Å². The van der Waals surface area contributed by atoms with Crippen molar-refractivity contribution in [2.45, 2.75) is 19.8 Å². The molecule has 0 aromatic heterocycles. The number of hydrogen-bond donors (Lipinski definition) is 1. The Morgan fingerprint density at radius 3 is 2.70 bits per heavy atom. The van der Waals surface area contributed by atoms with Gasteiger partial charge in [-0.15, -0.1) is 0 Å². The van der Waals surface area contributed by atoms with Crippen LogP contribution in [0.4, 0.5) is 11.4 Å². The van der Waals surface area contributed by atoms with Crippen LogP contribution in [0.3, 0.4) is 0 Å². The smallest absolute Gasteiger partial charge is 0.270 e. The normalized spacial score (nSPS) is 16.4. The molecule has 1 aromatic carbocycles. The first-order chi connectivity index (χ1) is 9.61. The minimum atomic E-state index is -0.339. The lowest BCUT2D eigenvalue weighted by molar-refractivity contribution is -0.384. The van der Waals surface area contributed by atoms with Crippen molar-refractivity contribution < 1.29 is 4.92 Å². The van der Waals surface area contributed by atoms with Crippen molar-refractivity contribution in [1.82, 2.24) is 5.32 Å². The van der Waals surface area contributed by atoms with E-state index in [2.05, 4.69) is 39.7 Å². The van der Waals surface area contributed by atoms with Crippen molar-refractivity contribution in [3.05, 3.63) is 31.9 Å². The van der Waals surface area contributed by atoms with Crippen LogP contribution < -0.4 is 10.2 Å². The largest absolute Gasteiger partial charge is 0.371 e. The number of hydrogen-bond acceptors (Lipinski definition) is 4. The average Bonchev–Trinajstić information content (AvgIpc) is 2.45. The van der Waals surface area contributed by atoms with Gasteiger partial charge in [0.25, 0.3) is 5.69 Å². The number of non-ortho nitro benzene ring substituents is 1. The van der Waals surface area contributed by atoms with Crippen LogP contribution in [0, 0.1) is 19.6 Å². The fourth-order valence-corrected chi connectivity index (χ4v) is 3.43. The Labute approximate surface area is 133 Å². The Morgan fingerprint density at radius 1 is 1.45 bits per heavy atom. The van der Waals surface area contributed by atoms with Crippen LogP contribution in [-0.4, -0.2) is 31.1 Å². The fraction of sp³-hybridized carbons (Fsp3) is 0.571. The van der Waals surface area contributed by atoms with Crippen molar-refractivity contribution in [3.8, 4) is 0 Å². The average molecular weight is 389 g/mol. The van der Waals surface area contributed by atoms with Crippen molar-refractivity contribution in [2.75, 3.05) is 31.1 Å². The van der Waals surface area contributed by atoms with Crippen molar-refractivity contribution in [3.63, 3.8) is 0 Å². The fourth-order valence-electron chi connectivity index (χ4n) is 2.59. The molecular weight excluding hydrogens is 369 g/mol. The molecule has 110 valence electrons. The summed E-state index contributed by atoms with van der Waals surface area (Å²) < 4.78 is 0.960. The molecule has 0 saturated carbocycles. The van der Waals surface area contributed by atoms with Gasteiger partial charge in [-0.1, -0.05) is 6.92 Å². The first kappa shape index (κ1) is 15.5. The summed E-state index contributed by atoms with van der Waals surface area (Å²) in [5.41, 5.74) is 1.29. The standard InChI is InChI=1S/C14H20IN3O2/c1-2-16-10-11-5-7-17(8-6-11)14-4-3-12(18(19)20)9-13(14)15/h3-4,9,11,16H,2,5-8,10H2,1H3. The van der Waals surface area contributed by atoms with Gasteiger partial charge in [-0.05, 0) is 60.5 Å². The quantitative estimate of drug-likeness (QED) is 0.478. The number of anilines is 1. The Kier molecular flexibility index (Phi) is 5.59. The van der Waals surface area contributed by atoms with E-state index in [0.717, 1.165) is 41.4 Å². The molecule has 0 aliphatic carbocycles. The molecule has 1 N–H and O–H groups in total. The highest BCUT2D eigenvalue weighted by Crippen LogP contribution is 2.30. The lowest BCUT2D eigenvalue weighted by Crippen LogP contribution is -2.37. The van der Waals surface area contributed by atoms with E-state index in [9.17, 15) is 10.1 Å². The molecule has 0 atom stereocenters. The van der Waals surface area contributed by atoms with Crippen molar-refractivity contribution >= 4 is 34.0 Å². The highest BCUT2D eigenvalue weighted by molar-refractivity contribution is 14.1. The number of piperidine rings is 1. The molecular formula is C14H20IN3O2. The Bertz CT molecular complexity index is 473. The molecule has 1 fully saturated rings. The van der Waals surface area contributed by atoms with Crippen LogP contribution in [0.1, 0.15) is 19.8 Å². The number of rotatable bonds is 5. The first-order valence-corrected chi connectivity index (χ1v) is 8.09. The first-order valence-electron chi connectivity index (χ1n) is 7.01. The van der Waals surface area contributed by atoms with Crippen LogP contribution in [0.5, 0.6) is 0 Å². The molecule has 1 aliphatic rings. The zero-order valence-electron chi connectivity index (χ0n) is 11.6. The Balaban J connectivity index is 1.98. The van der Waals surface area contributed by atoms with Gasteiger partial charge in [-0.2, -0.15) is 0 Å². The van der Waals surface area contributed by atoms with Crippen LogP contribution in [-0.2, 0) is 0 Å². The molecule has 0 amide bonds. The molecule has 1 aromatic rings. The highest BCUT2D eigenvalue weighted by Gasteiger charge is 2.21. The van der Waals surface area contributed by atoms with Crippen LogP contribution in [0.25, 0.3) is 0 Å². The third-order valence-corrected chi connectivity index (χ3v) is 4.64. The Hall–Kier alpha value is -0.890. The lowest BCUT2D eigenvalue weighted by atomic mass is 9.96. The zero-order chi connectivity index (χ0) is 14.5. The van der Waals surface area contributed by atoms with Gasteiger partial charge in [0.2, 0.25) is 0 Å². The predicted molar refractivity (Wildman–Crippen MR) is 89.3 cm³/mol. The Morgan fingerprint density at radius 2 is 2.15 bits per heavy atom. The number of halogens is 1. The van der Waals surface area contributed by atoms with Gasteiger partial charge in [0.15, 0.2) is 0 Å². The number of nitrogens with one attached hydrogen (secondary N) is 1. The monoisotopic (exact) mass is 389 g/mol. The van der Waals surface area contributed by atoms with Gasteiger partial charge < -0.3 is 10.2 Å². The van der Waals surface area contributed by atoms with E-state index >= 15 is 0 Å². The van der Waals surface area contributed by atoms with Crippen molar-refractivity contribution in [1.29, 1.82) is 0 Å². The van der Waals surface area contributed by atoms with E-state index in [-0.39, 0.29) is 10.6 Å². The maximum atomic E-state index is 10.8. The summed E-state index contributed by atoms with van der Waals surface area (Å²) in [5.74, 6) is 0.752. The minimum absolute atomic E-state index is 0.167. The minimum Gasteiger partial charge on any atom is -0.371 e. The van der Waals surface area contributed by atoms with Crippen LogP contribution >= 0.6 is 22.6 Å². The number of nitro groups is 1. The third kappa shape index (κ3) is 3.82. The zero-order valence-corrected chi connectivity index (χ0v) is 13.8. The molecule has 2 rings (SSSR count). The SMILES string of the molecule is CCNCC1CCN(c2ccc([N+](=O)[O-])cc2I)CC1. The maximum Gasteiger partial charge on any atom is 0.270 e. The number of nitrogens with zero attached hydrogens (tertiary/aromatic N) is 2. The lowest BCUT2D eigenvalue weighted by Gasteiger charge is -2.34. The van der Waals surface area contributed by atoms with Gasteiger partial charge in [0, 0.05) is 28.8 Å². The summed E-state index contributed by atoms with van der Waals surface area (Å²) in [6, 6.07) is 5.13. The second kappa shape index (κ2) is 7.21. The molecule has 1 saturated heterocycles. The van der Waals surface area contributed by atoms with E-state index in [4.69, 9.17) is 0 Å². The van der Waals surface area contributed by atoms with Gasteiger partial charge in [0.05, 0.1) is 10.6 Å². The topological polar surface area (TPSA) is 58.4 Å². The summed E-state index contributed by atoms with van der Waals surface area (Å²) in [4.78, 5) is 12.8. The van der Waals surface area contributed by atoms with Crippen LogP contribution in [0.15, 0.2) is 18.2 Å². The molecule has 1 heterocycles. The second-order valence-electron chi connectivity index (χ2n) is 5.13. The summed E-state index contributed by atoms with van der Waals surface area (Å²) >= 11 is 2.19. The number of benzene rings is 1. The molecule has 1 aliphatic heterocycles. The van der Waals surface area contributed by atoms with Gasteiger partial charge in [-0.3, -0.25) is 10.1 Å². The molecule has 6 heteroatoms.